The van der Waals surface area contributed by atoms with Crippen LogP contribution in [0.3, 0.4) is 0 Å². The van der Waals surface area contributed by atoms with Gasteiger partial charge in [-0.1, -0.05) is 26.3 Å². The summed E-state index contributed by atoms with van der Waals surface area (Å²) >= 11 is 0. The van der Waals surface area contributed by atoms with Crippen LogP contribution in [0.1, 0.15) is 46.6 Å². The van der Waals surface area contributed by atoms with Gasteiger partial charge in [0.15, 0.2) is 11.5 Å². The van der Waals surface area contributed by atoms with Gasteiger partial charge in [0.1, 0.15) is 0 Å². The number of hydrogen-bond donors (Lipinski definition) is 1. The molecule has 1 aromatic carbocycles. The molecule has 0 spiro atoms. The Labute approximate surface area is 139 Å². The minimum Gasteiger partial charge on any atom is -0.493 e. The van der Waals surface area contributed by atoms with E-state index in [1.54, 1.807) is 19.3 Å². The Balaban J connectivity index is 2.74. The zero-order chi connectivity index (χ0) is 17.4. The second-order valence-electron chi connectivity index (χ2n) is 6.09. The van der Waals surface area contributed by atoms with Crippen LogP contribution >= 0.6 is 0 Å². The molecule has 4 heteroatoms. The average molecular weight is 319 g/mol. The maximum Gasteiger partial charge on any atom is 0.244 e. The predicted octanol–water partition coefficient (Wildman–Crippen LogP) is 4.05. The Hall–Kier alpha value is -1.97. The number of carbonyl (C=O) groups is 1. The average Bonchev–Trinajstić information content (AvgIpc) is 2.52. The molecule has 4 nitrogen and oxygen atoms in total. The number of nitrogens with one attached hydrogen (secondary N) is 1. The van der Waals surface area contributed by atoms with Crippen molar-refractivity contribution in [3.8, 4) is 11.5 Å². The van der Waals surface area contributed by atoms with Crippen molar-refractivity contribution in [2.24, 2.45) is 5.92 Å². The molecule has 0 unspecified atom stereocenters. The van der Waals surface area contributed by atoms with Gasteiger partial charge < -0.3 is 14.8 Å². The highest BCUT2D eigenvalue weighted by Crippen LogP contribution is 2.29. The van der Waals surface area contributed by atoms with E-state index in [2.05, 4.69) is 19.2 Å². The van der Waals surface area contributed by atoms with E-state index in [9.17, 15) is 4.79 Å². The predicted molar refractivity (Wildman–Crippen MR) is 94.9 cm³/mol. The van der Waals surface area contributed by atoms with Gasteiger partial charge in [-0.3, -0.25) is 4.79 Å². The Morgan fingerprint density at radius 1 is 1.22 bits per heavy atom. The number of hydrogen-bond acceptors (Lipinski definition) is 3. The first-order valence-corrected chi connectivity index (χ1v) is 8.20. The van der Waals surface area contributed by atoms with Gasteiger partial charge >= 0.3 is 0 Å². The topological polar surface area (TPSA) is 47.6 Å². The number of carbonyl (C=O) groups excluding carboxylic acids is 1. The van der Waals surface area contributed by atoms with Crippen LogP contribution in [0.4, 0.5) is 0 Å². The van der Waals surface area contributed by atoms with Gasteiger partial charge in [0.05, 0.1) is 13.2 Å². The SMILES string of the molecule is CC[C@H](C)[C@@H](C)NC(=O)/C=C/c1ccc(OC(C)C)c(OC)c1. The highest BCUT2D eigenvalue weighted by atomic mass is 16.5. The summed E-state index contributed by atoms with van der Waals surface area (Å²) in [6, 6.07) is 5.79. The van der Waals surface area contributed by atoms with Crippen molar-refractivity contribution >= 4 is 12.0 Å². The molecule has 2 atom stereocenters. The van der Waals surface area contributed by atoms with Crippen molar-refractivity contribution in [3.05, 3.63) is 29.8 Å². The molecule has 1 N–H and O–H groups in total. The van der Waals surface area contributed by atoms with Crippen LogP contribution in [-0.2, 0) is 4.79 Å². The van der Waals surface area contributed by atoms with Crippen molar-refractivity contribution in [3.63, 3.8) is 0 Å². The lowest BCUT2D eigenvalue weighted by atomic mass is 10.0. The van der Waals surface area contributed by atoms with Crippen molar-refractivity contribution in [2.45, 2.75) is 53.2 Å². The smallest absolute Gasteiger partial charge is 0.244 e. The first kappa shape index (κ1) is 19.1. The Morgan fingerprint density at radius 2 is 1.91 bits per heavy atom. The molecule has 23 heavy (non-hydrogen) atoms. The van der Waals surface area contributed by atoms with Gasteiger partial charge in [0.25, 0.3) is 0 Å². The molecule has 0 aliphatic carbocycles. The van der Waals surface area contributed by atoms with Crippen molar-refractivity contribution in [1.82, 2.24) is 5.32 Å². The lowest BCUT2D eigenvalue weighted by molar-refractivity contribution is -0.117. The van der Waals surface area contributed by atoms with Crippen molar-refractivity contribution < 1.29 is 14.3 Å². The molecule has 0 radical (unpaired) electrons. The van der Waals surface area contributed by atoms with E-state index in [1.807, 2.05) is 39.0 Å². The zero-order valence-corrected chi connectivity index (χ0v) is 15.1. The molecule has 0 saturated heterocycles. The monoisotopic (exact) mass is 319 g/mol. The molecule has 1 rings (SSSR count). The van der Waals surface area contributed by atoms with Gasteiger partial charge in [-0.2, -0.15) is 0 Å². The van der Waals surface area contributed by atoms with Crippen LogP contribution in [0.25, 0.3) is 6.08 Å². The second kappa shape index (κ2) is 9.23. The summed E-state index contributed by atoms with van der Waals surface area (Å²) < 4.78 is 11.0. The van der Waals surface area contributed by atoms with Crippen LogP contribution in [-0.4, -0.2) is 25.2 Å². The van der Waals surface area contributed by atoms with E-state index in [0.717, 1.165) is 12.0 Å². The molecule has 0 fully saturated rings. The van der Waals surface area contributed by atoms with Gasteiger partial charge in [0, 0.05) is 12.1 Å². The summed E-state index contributed by atoms with van der Waals surface area (Å²) in [5, 5.41) is 2.99. The van der Waals surface area contributed by atoms with Gasteiger partial charge in [0.2, 0.25) is 5.91 Å². The lowest BCUT2D eigenvalue weighted by Crippen LogP contribution is -2.35. The normalized spacial score (nSPS) is 13.9. The van der Waals surface area contributed by atoms with Gasteiger partial charge in [-0.25, -0.2) is 0 Å². The van der Waals surface area contributed by atoms with E-state index in [4.69, 9.17) is 9.47 Å². The van der Waals surface area contributed by atoms with Gasteiger partial charge in [-0.05, 0) is 50.5 Å². The number of methoxy groups -OCH3 is 1. The van der Waals surface area contributed by atoms with Crippen molar-refractivity contribution in [2.75, 3.05) is 7.11 Å². The third-order valence-corrected chi connectivity index (χ3v) is 3.84. The maximum absolute atomic E-state index is 12.0. The van der Waals surface area contributed by atoms with Crippen LogP contribution < -0.4 is 14.8 Å². The lowest BCUT2D eigenvalue weighted by Gasteiger charge is -2.18. The Morgan fingerprint density at radius 3 is 2.48 bits per heavy atom. The molecule has 0 bridgehead atoms. The summed E-state index contributed by atoms with van der Waals surface area (Å²) in [5.74, 6) is 1.74. The third kappa shape index (κ3) is 6.35. The largest absolute Gasteiger partial charge is 0.493 e. The fourth-order valence-corrected chi connectivity index (χ4v) is 2.08. The second-order valence-corrected chi connectivity index (χ2v) is 6.09. The quantitative estimate of drug-likeness (QED) is 0.735. The molecule has 1 amide bonds. The highest BCUT2D eigenvalue weighted by Gasteiger charge is 2.11. The molecule has 1 aromatic rings. The summed E-state index contributed by atoms with van der Waals surface area (Å²) in [5.41, 5.74) is 0.893. The molecule has 0 aromatic heterocycles. The molecule has 0 aliphatic heterocycles. The minimum atomic E-state index is -0.0840. The molecule has 128 valence electrons. The first-order chi connectivity index (χ1) is 10.9. The minimum absolute atomic E-state index is 0.0816. The van der Waals surface area contributed by atoms with E-state index in [0.29, 0.717) is 17.4 Å². The summed E-state index contributed by atoms with van der Waals surface area (Å²) in [7, 11) is 1.61. The Kier molecular flexibility index (Phi) is 7.66. The highest BCUT2D eigenvalue weighted by molar-refractivity contribution is 5.92. The van der Waals surface area contributed by atoms with E-state index in [-0.39, 0.29) is 18.1 Å². The van der Waals surface area contributed by atoms with Crippen LogP contribution in [0, 0.1) is 5.92 Å². The zero-order valence-electron chi connectivity index (χ0n) is 15.1. The molecule has 0 aliphatic rings. The van der Waals surface area contributed by atoms with Crippen LogP contribution in [0.5, 0.6) is 11.5 Å². The summed E-state index contributed by atoms with van der Waals surface area (Å²) in [4.78, 5) is 12.0. The number of amides is 1. The van der Waals surface area contributed by atoms with Crippen LogP contribution in [0.2, 0.25) is 0 Å². The standard InChI is InChI=1S/C19H29NO3/c1-7-14(4)15(5)20-19(21)11-9-16-8-10-17(23-13(2)3)18(12-16)22-6/h8-15H,7H2,1-6H3,(H,20,21)/b11-9+/t14-,15+/m0/s1. The number of ether oxygens (including phenoxy) is 2. The molecule has 0 heterocycles. The number of rotatable bonds is 8. The molecular formula is C19H29NO3. The van der Waals surface area contributed by atoms with E-state index in [1.165, 1.54) is 0 Å². The fourth-order valence-electron chi connectivity index (χ4n) is 2.08. The first-order valence-electron chi connectivity index (χ1n) is 8.20. The van der Waals surface area contributed by atoms with Crippen LogP contribution in [0.15, 0.2) is 24.3 Å². The van der Waals surface area contributed by atoms with Crippen molar-refractivity contribution in [1.29, 1.82) is 0 Å². The summed E-state index contributed by atoms with van der Waals surface area (Å²) in [6.45, 7) is 10.2. The maximum atomic E-state index is 12.0. The van der Waals surface area contributed by atoms with E-state index < -0.39 is 0 Å². The third-order valence-electron chi connectivity index (χ3n) is 3.84. The Bertz CT molecular complexity index is 537. The number of benzene rings is 1. The fraction of sp³-hybridized carbons (Fsp3) is 0.526. The molecular weight excluding hydrogens is 290 g/mol. The van der Waals surface area contributed by atoms with E-state index >= 15 is 0 Å². The molecule has 0 saturated carbocycles. The van der Waals surface area contributed by atoms with Gasteiger partial charge in [-0.15, -0.1) is 0 Å². The summed E-state index contributed by atoms with van der Waals surface area (Å²) in [6.07, 6.45) is 4.45.